The number of carbonyl (C=O) groups is 2. The molecule has 162 valence electrons. The third kappa shape index (κ3) is 4.04. The zero-order valence-electron chi connectivity index (χ0n) is 17.8. The van der Waals surface area contributed by atoms with Crippen molar-refractivity contribution in [3.63, 3.8) is 0 Å². The summed E-state index contributed by atoms with van der Waals surface area (Å²) in [5.74, 6) is 1.01. The lowest BCUT2D eigenvalue weighted by atomic mass is 9.97. The van der Waals surface area contributed by atoms with Gasteiger partial charge in [0.15, 0.2) is 0 Å². The molecule has 5 rings (SSSR count). The van der Waals surface area contributed by atoms with Crippen molar-refractivity contribution in [1.29, 1.82) is 0 Å². The minimum atomic E-state index is -0.461. The summed E-state index contributed by atoms with van der Waals surface area (Å²) in [6.07, 6.45) is 7.26. The third-order valence-electron chi connectivity index (χ3n) is 7.04. The van der Waals surface area contributed by atoms with Gasteiger partial charge in [0.1, 0.15) is 11.5 Å². The van der Waals surface area contributed by atoms with Crippen LogP contribution in [0.4, 0.5) is 0 Å². The molecule has 2 aliphatic heterocycles. The van der Waals surface area contributed by atoms with E-state index in [-0.39, 0.29) is 5.91 Å². The van der Waals surface area contributed by atoms with Crippen molar-refractivity contribution in [1.82, 2.24) is 9.80 Å². The minimum absolute atomic E-state index is 0.150. The summed E-state index contributed by atoms with van der Waals surface area (Å²) in [7, 11) is 0. The van der Waals surface area contributed by atoms with Crippen LogP contribution in [-0.4, -0.2) is 53.3 Å². The summed E-state index contributed by atoms with van der Waals surface area (Å²) in [6.45, 7) is 2.91. The predicted molar refractivity (Wildman–Crippen MR) is 118 cm³/mol. The Kier molecular flexibility index (Phi) is 5.40. The van der Waals surface area contributed by atoms with E-state index in [1.54, 1.807) is 24.3 Å². The summed E-state index contributed by atoms with van der Waals surface area (Å²) in [5.41, 5.74) is 7.56. The molecular weight excluding hydrogens is 390 g/mol. The molecule has 31 heavy (non-hydrogen) atoms. The second kappa shape index (κ2) is 8.35. The number of hydrogen-bond acceptors (Lipinski definition) is 4. The molecule has 2 N–H and O–H groups in total. The fourth-order valence-electron chi connectivity index (χ4n) is 5.34. The summed E-state index contributed by atoms with van der Waals surface area (Å²) < 4.78 is 5.93. The molecule has 0 spiro atoms. The predicted octanol–water partition coefficient (Wildman–Crippen LogP) is 3.59. The second-order valence-electron chi connectivity index (χ2n) is 8.93. The van der Waals surface area contributed by atoms with E-state index in [0.717, 1.165) is 49.6 Å². The molecule has 6 nitrogen and oxygen atoms in total. The van der Waals surface area contributed by atoms with E-state index in [0.29, 0.717) is 23.1 Å². The topological polar surface area (TPSA) is 75.9 Å². The number of primary amides is 1. The van der Waals surface area contributed by atoms with Crippen molar-refractivity contribution >= 4 is 11.8 Å². The van der Waals surface area contributed by atoms with E-state index in [1.807, 2.05) is 18.2 Å². The molecule has 1 aliphatic carbocycles. The van der Waals surface area contributed by atoms with E-state index in [4.69, 9.17) is 10.5 Å². The van der Waals surface area contributed by atoms with Crippen molar-refractivity contribution in [2.75, 3.05) is 19.6 Å². The molecule has 0 radical (unpaired) electrons. The number of likely N-dealkylation sites (tertiary alicyclic amines) is 1. The molecule has 1 unspecified atom stereocenters. The number of nitrogens with zero attached hydrogens (tertiary/aromatic N) is 2. The van der Waals surface area contributed by atoms with Crippen molar-refractivity contribution in [3.05, 3.63) is 59.2 Å². The third-order valence-corrected chi connectivity index (χ3v) is 7.04. The Labute approximate surface area is 183 Å². The number of amides is 2. The highest BCUT2D eigenvalue weighted by Gasteiger charge is 2.36. The molecule has 1 saturated heterocycles. The highest BCUT2D eigenvalue weighted by atomic mass is 16.5. The number of rotatable bonds is 5. The Morgan fingerprint density at radius 1 is 0.935 bits per heavy atom. The Balaban J connectivity index is 1.26. The van der Waals surface area contributed by atoms with Crippen LogP contribution in [0.3, 0.4) is 0 Å². The number of benzene rings is 2. The number of nitrogens with two attached hydrogens (primary N) is 1. The molecule has 2 aromatic carbocycles. The molecule has 1 atom stereocenters. The van der Waals surface area contributed by atoms with Crippen LogP contribution in [0.25, 0.3) is 0 Å². The lowest BCUT2D eigenvalue weighted by Gasteiger charge is -2.34. The zero-order valence-corrected chi connectivity index (χ0v) is 17.8. The summed E-state index contributed by atoms with van der Waals surface area (Å²) >= 11 is 0. The van der Waals surface area contributed by atoms with Crippen molar-refractivity contribution < 1.29 is 14.3 Å². The van der Waals surface area contributed by atoms with Gasteiger partial charge in [0.05, 0.1) is 0 Å². The first-order valence-corrected chi connectivity index (χ1v) is 11.3. The normalized spacial score (nSPS) is 22.0. The molecule has 2 fully saturated rings. The van der Waals surface area contributed by atoms with E-state index in [9.17, 15) is 9.59 Å². The van der Waals surface area contributed by atoms with Crippen molar-refractivity contribution in [2.24, 2.45) is 5.73 Å². The Bertz CT molecular complexity index is 982. The van der Waals surface area contributed by atoms with Gasteiger partial charge in [-0.3, -0.25) is 14.5 Å². The number of ether oxygens (including phenoxy) is 1. The molecule has 2 heterocycles. The molecule has 0 aromatic heterocycles. The highest BCUT2D eigenvalue weighted by Crippen LogP contribution is 2.32. The second-order valence-corrected chi connectivity index (χ2v) is 8.93. The Morgan fingerprint density at radius 3 is 2.42 bits per heavy atom. The van der Waals surface area contributed by atoms with E-state index in [2.05, 4.69) is 9.80 Å². The lowest BCUT2D eigenvalue weighted by Crippen LogP contribution is -2.46. The Morgan fingerprint density at radius 2 is 1.68 bits per heavy atom. The van der Waals surface area contributed by atoms with Gasteiger partial charge in [-0.1, -0.05) is 12.8 Å². The van der Waals surface area contributed by atoms with E-state index >= 15 is 0 Å². The van der Waals surface area contributed by atoms with Gasteiger partial charge in [-0.2, -0.15) is 0 Å². The SMILES string of the molecule is NC(=O)c1ccc(Oc2ccc3c(c2)CCN(C2CCN(C4CCCC4)C2)C3=O)cc1. The van der Waals surface area contributed by atoms with Crippen LogP contribution < -0.4 is 10.5 Å². The monoisotopic (exact) mass is 419 g/mol. The van der Waals surface area contributed by atoms with Gasteiger partial charge in [-0.25, -0.2) is 0 Å². The zero-order chi connectivity index (χ0) is 21.4. The van der Waals surface area contributed by atoms with Crippen LogP contribution in [0.2, 0.25) is 0 Å². The fourth-order valence-corrected chi connectivity index (χ4v) is 5.34. The van der Waals surface area contributed by atoms with Crippen LogP contribution in [0.1, 0.15) is 58.4 Å². The maximum absolute atomic E-state index is 13.2. The van der Waals surface area contributed by atoms with Crippen LogP contribution in [0.15, 0.2) is 42.5 Å². The molecule has 0 bridgehead atoms. The molecule has 2 aromatic rings. The molecule has 1 saturated carbocycles. The number of fused-ring (bicyclic) bond motifs is 1. The fraction of sp³-hybridized carbons (Fsp3) is 0.440. The molecule has 6 heteroatoms. The number of carbonyl (C=O) groups excluding carboxylic acids is 2. The first kappa shape index (κ1) is 20.1. The van der Waals surface area contributed by atoms with E-state index < -0.39 is 5.91 Å². The molecule has 3 aliphatic rings. The largest absolute Gasteiger partial charge is 0.457 e. The molecular formula is C25H29N3O3. The van der Waals surface area contributed by atoms with Crippen LogP contribution in [0.5, 0.6) is 11.5 Å². The summed E-state index contributed by atoms with van der Waals surface area (Å²) in [5, 5.41) is 0. The summed E-state index contributed by atoms with van der Waals surface area (Å²) in [4.78, 5) is 29.1. The van der Waals surface area contributed by atoms with Gasteiger partial charge in [0, 0.05) is 42.8 Å². The first-order chi connectivity index (χ1) is 15.1. The summed E-state index contributed by atoms with van der Waals surface area (Å²) in [6, 6.07) is 13.5. The van der Waals surface area contributed by atoms with Crippen molar-refractivity contribution in [2.45, 2.75) is 50.6 Å². The standard InChI is InChI=1S/C25H29N3O3/c26-24(29)17-5-7-21(8-6-17)31-22-9-10-23-18(15-22)11-14-28(25(23)30)20-12-13-27(16-20)19-3-1-2-4-19/h5-10,15,19-20H,1-4,11-14,16H2,(H2,26,29). The van der Waals surface area contributed by atoms with Gasteiger partial charge in [0.2, 0.25) is 5.91 Å². The van der Waals surface area contributed by atoms with Crippen LogP contribution >= 0.6 is 0 Å². The average molecular weight is 420 g/mol. The maximum atomic E-state index is 13.2. The van der Waals surface area contributed by atoms with E-state index in [1.165, 1.54) is 25.7 Å². The maximum Gasteiger partial charge on any atom is 0.254 e. The van der Waals surface area contributed by atoms with Crippen LogP contribution in [0, 0.1) is 0 Å². The van der Waals surface area contributed by atoms with Gasteiger partial charge >= 0.3 is 0 Å². The van der Waals surface area contributed by atoms with Crippen LogP contribution in [-0.2, 0) is 6.42 Å². The smallest absolute Gasteiger partial charge is 0.254 e. The lowest BCUT2D eigenvalue weighted by molar-refractivity contribution is 0.0658. The van der Waals surface area contributed by atoms with Gasteiger partial charge < -0.3 is 15.4 Å². The number of hydrogen-bond donors (Lipinski definition) is 1. The quantitative estimate of drug-likeness (QED) is 0.804. The average Bonchev–Trinajstić information content (AvgIpc) is 3.46. The Hall–Kier alpha value is -2.86. The molecule has 2 amide bonds. The highest BCUT2D eigenvalue weighted by molar-refractivity contribution is 5.97. The minimum Gasteiger partial charge on any atom is -0.457 e. The van der Waals surface area contributed by atoms with Crippen molar-refractivity contribution in [3.8, 4) is 11.5 Å². The van der Waals surface area contributed by atoms with Gasteiger partial charge in [-0.05, 0) is 73.7 Å². The van der Waals surface area contributed by atoms with Gasteiger partial charge in [0.25, 0.3) is 5.91 Å². The van der Waals surface area contributed by atoms with Gasteiger partial charge in [-0.15, -0.1) is 0 Å². The first-order valence-electron chi connectivity index (χ1n) is 11.3.